The minimum Gasteiger partial charge on any atom is -0.469 e. The number of fused-ring (bicyclic) bond motifs is 1. The molecule has 0 unspecified atom stereocenters. The summed E-state index contributed by atoms with van der Waals surface area (Å²) in [6.07, 6.45) is 2.19. The van der Waals surface area contributed by atoms with Gasteiger partial charge in [-0.1, -0.05) is 12.1 Å². The fourth-order valence-electron chi connectivity index (χ4n) is 2.45. The van der Waals surface area contributed by atoms with E-state index in [1.807, 2.05) is 0 Å². The Hall–Kier alpha value is -2.89. The van der Waals surface area contributed by atoms with Gasteiger partial charge in [-0.15, -0.1) is 0 Å². The maximum atomic E-state index is 12.1. The van der Waals surface area contributed by atoms with Crippen LogP contribution in [0.15, 0.2) is 47.1 Å². The summed E-state index contributed by atoms with van der Waals surface area (Å²) in [6, 6.07) is 10.2. The standard InChI is InChI=1S/C17H15NO5/c19-15(8-7-12-4-3-10-22-12)23-11-9-18-16(20)13-5-1-2-6-14(13)17(18)21/h1-6,10H,7-9,11H2. The van der Waals surface area contributed by atoms with E-state index < -0.39 is 5.97 Å². The largest absolute Gasteiger partial charge is 0.469 e. The number of carbonyl (C=O) groups excluding carboxylic acids is 3. The van der Waals surface area contributed by atoms with E-state index in [-0.39, 0.29) is 31.4 Å². The molecule has 3 rings (SSSR count). The van der Waals surface area contributed by atoms with Crippen molar-refractivity contribution in [3.63, 3.8) is 0 Å². The Labute approximate surface area is 132 Å². The Kier molecular flexibility index (Phi) is 4.23. The molecule has 0 N–H and O–H groups in total. The number of ether oxygens (including phenoxy) is 1. The van der Waals surface area contributed by atoms with Crippen LogP contribution in [0.4, 0.5) is 0 Å². The molecule has 1 aromatic heterocycles. The van der Waals surface area contributed by atoms with E-state index in [4.69, 9.17) is 9.15 Å². The Morgan fingerprint density at radius 1 is 1.04 bits per heavy atom. The SMILES string of the molecule is O=C(CCc1ccco1)OCCN1C(=O)c2ccccc2C1=O. The van der Waals surface area contributed by atoms with E-state index in [2.05, 4.69) is 0 Å². The fourth-order valence-corrected chi connectivity index (χ4v) is 2.45. The second kappa shape index (κ2) is 6.48. The van der Waals surface area contributed by atoms with Crippen LogP contribution >= 0.6 is 0 Å². The molecule has 0 spiro atoms. The van der Waals surface area contributed by atoms with Crippen molar-refractivity contribution >= 4 is 17.8 Å². The van der Waals surface area contributed by atoms with Crippen LogP contribution in [0.1, 0.15) is 32.9 Å². The zero-order valence-corrected chi connectivity index (χ0v) is 12.4. The topological polar surface area (TPSA) is 76.8 Å². The molecule has 2 aromatic rings. The summed E-state index contributed by atoms with van der Waals surface area (Å²) >= 11 is 0. The number of esters is 1. The molecular formula is C17H15NO5. The Balaban J connectivity index is 1.47. The lowest BCUT2D eigenvalue weighted by molar-refractivity contribution is -0.143. The van der Waals surface area contributed by atoms with Crippen LogP contribution < -0.4 is 0 Å². The van der Waals surface area contributed by atoms with E-state index in [0.717, 1.165) is 4.90 Å². The van der Waals surface area contributed by atoms with Gasteiger partial charge >= 0.3 is 5.97 Å². The molecule has 0 saturated heterocycles. The first kappa shape index (κ1) is 15.0. The third kappa shape index (κ3) is 3.15. The second-order valence-electron chi connectivity index (χ2n) is 5.11. The van der Waals surface area contributed by atoms with Crippen LogP contribution in [0.25, 0.3) is 0 Å². The van der Waals surface area contributed by atoms with E-state index in [1.54, 1.807) is 42.7 Å². The number of nitrogens with zero attached hydrogens (tertiary/aromatic N) is 1. The summed E-state index contributed by atoms with van der Waals surface area (Å²) < 4.78 is 10.2. The Bertz CT molecular complexity index is 700. The van der Waals surface area contributed by atoms with Gasteiger partial charge in [0.1, 0.15) is 12.4 Å². The van der Waals surface area contributed by atoms with Crippen molar-refractivity contribution in [1.29, 1.82) is 0 Å². The van der Waals surface area contributed by atoms with Crippen molar-refractivity contribution in [3.05, 3.63) is 59.5 Å². The predicted octanol–water partition coefficient (Wildman–Crippen LogP) is 2.05. The van der Waals surface area contributed by atoms with E-state index in [0.29, 0.717) is 23.3 Å². The monoisotopic (exact) mass is 313 g/mol. The normalized spacial score (nSPS) is 13.3. The van der Waals surface area contributed by atoms with Crippen LogP contribution in [-0.4, -0.2) is 35.8 Å². The number of carbonyl (C=O) groups is 3. The van der Waals surface area contributed by atoms with Gasteiger partial charge in [0.05, 0.1) is 30.4 Å². The number of rotatable bonds is 6. The molecule has 0 atom stereocenters. The lowest BCUT2D eigenvalue weighted by Crippen LogP contribution is -2.33. The number of hydrogen-bond acceptors (Lipinski definition) is 5. The molecule has 2 amide bonds. The molecule has 0 saturated carbocycles. The fraction of sp³-hybridized carbons (Fsp3) is 0.235. The van der Waals surface area contributed by atoms with Crippen LogP contribution in [-0.2, 0) is 16.0 Å². The van der Waals surface area contributed by atoms with Crippen molar-refractivity contribution in [2.24, 2.45) is 0 Å². The minimum absolute atomic E-state index is 0.0115. The number of benzene rings is 1. The van der Waals surface area contributed by atoms with Crippen LogP contribution in [0.3, 0.4) is 0 Å². The van der Waals surface area contributed by atoms with Gasteiger partial charge in [-0.05, 0) is 24.3 Å². The highest BCUT2D eigenvalue weighted by Gasteiger charge is 2.34. The third-order valence-corrected chi connectivity index (χ3v) is 3.61. The lowest BCUT2D eigenvalue weighted by atomic mass is 10.1. The maximum Gasteiger partial charge on any atom is 0.306 e. The summed E-state index contributed by atoms with van der Waals surface area (Å²) in [5, 5.41) is 0. The highest BCUT2D eigenvalue weighted by atomic mass is 16.5. The average Bonchev–Trinajstić information content (AvgIpc) is 3.16. The van der Waals surface area contributed by atoms with Crippen molar-refractivity contribution in [2.75, 3.05) is 13.2 Å². The van der Waals surface area contributed by atoms with Gasteiger partial charge in [-0.25, -0.2) is 0 Å². The van der Waals surface area contributed by atoms with Gasteiger partial charge in [0, 0.05) is 6.42 Å². The Morgan fingerprint density at radius 3 is 2.35 bits per heavy atom. The van der Waals surface area contributed by atoms with Gasteiger partial charge in [-0.2, -0.15) is 0 Å². The molecule has 1 aliphatic heterocycles. The summed E-state index contributed by atoms with van der Waals surface area (Å²) in [4.78, 5) is 37.0. The van der Waals surface area contributed by atoms with Crippen LogP contribution in [0, 0.1) is 0 Å². The molecule has 2 heterocycles. The van der Waals surface area contributed by atoms with E-state index in [9.17, 15) is 14.4 Å². The molecule has 1 aliphatic rings. The molecule has 6 heteroatoms. The molecule has 0 radical (unpaired) electrons. The molecule has 0 fully saturated rings. The Morgan fingerprint density at radius 2 is 1.74 bits per heavy atom. The summed E-state index contributed by atoms with van der Waals surface area (Å²) in [5.41, 5.74) is 0.781. The quantitative estimate of drug-likeness (QED) is 0.602. The third-order valence-electron chi connectivity index (χ3n) is 3.61. The number of hydrogen-bond donors (Lipinski definition) is 0. The highest BCUT2D eigenvalue weighted by molar-refractivity contribution is 6.21. The highest BCUT2D eigenvalue weighted by Crippen LogP contribution is 2.21. The number of aryl methyl sites for hydroxylation is 1. The first-order valence-electron chi connectivity index (χ1n) is 7.30. The van der Waals surface area contributed by atoms with Crippen molar-refractivity contribution in [2.45, 2.75) is 12.8 Å². The average molecular weight is 313 g/mol. The summed E-state index contributed by atoms with van der Waals surface area (Å²) in [5.74, 6) is -0.380. The zero-order chi connectivity index (χ0) is 16.2. The molecule has 23 heavy (non-hydrogen) atoms. The number of furan rings is 1. The van der Waals surface area contributed by atoms with Gasteiger partial charge in [-0.3, -0.25) is 19.3 Å². The van der Waals surface area contributed by atoms with Crippen LogP contribution in [0.2, 0.25) is 0 Å². The molecule has 0 bridgehead atoms. The zero-order valence-electron chi connectivity index (χ0n) is 12.4. The summed E-state index contributed by atoms with van der Waals surface area (Å²) in [6.45, 7) is 0.0430. The molecule has 1 aromatic carbocycles. The van der Waals surface area contributed by atoms with Gasteiger partial charge in [0.15, 0.2) is 0 Å². The van der Waals surface area contributed by atoms with Gasteiger partial charge in [0.25, 0.3) is 11.8 Å². The smallest absolute Gasteiger partial charge is 0.306 e. The number of imide groups is 1. The number of amides is 2. The second-order valence-corrected chi connectivity index (χ2v) is 5.11. The summed E-state index contributed by atoms with van der Waals surface area (Å²) in [7, 11) is 0. The molecule has 118 valence electrons. The van der Waals surface area contributed by atoms with Crippen molar-refractivity contribution < 1.29 is 23.5 Å². The minimum atomic E-state index is -0.391. The maximum absolute atomic E-state index is 12.1. The van der Waals surface area contributed by atoms with Crippen molar-refractivity contribution in [1.82, 2.24) is 4.90 Å². The van der Waals surface area contributed by atoms with Crippen LogP contribution in [0.5, 0.6) is 0 Å². The first-order valence-corrected chi connectivity index (χ1v) is 7.30. The molecule has 0 aliphatic carbocycles. The first-order chi connectivity index (χ1) is 11.2. The lowest BCUT2D eigenvalue weighted by Gasteiger charge is -2.13. The predicted molar refractivity (Wildman–Crippen MR) is 79.8 cm³/mol. The molecule has 6 nitrogen and oxygen atoms in total. The molecular weight excluding hydrogens is 298 g/mol. The van der Waals surface area contributed by atoms with Gasteiger partial charge in [0.2, 0.25) is 0 Å². The van der Waals surface area contributed by atoms with Crippen molar-refractivity contribution in [3.8, 4) is 0 Å². The van der Waals surface area contributed by atoms with E-state index in [1.165, 1.54) is 0 Å². The van der Waals surface area contributed by atoms with Gasteiger partial charge < -0.3 is 9.15 Å². The van der Waals surface area contributed by atoms with E-state index >= 15 is 0 Å².